The predicted octanol–water partition coefficient (Wildman–Crippen LogP) is 4.59. The van der Waals surface area contributed by atoms with Crippen LogP contribution < -0.4 is 10.1 Å². The molecular weight excluding hydrogens is 314 g/mol. The summed E-state index contributed by atoms with van der Waals surface area (Å²) in [7, 11) is 0. The molecule has 2 aromatic rings. The molecule has 0 unspecified atom stereocenters. The molecule has 0 aromatic heterocycles. The van der Waals surface area contributed by atoms with Crippen molar-refractivity contribution < 1.29 is 14.3 Å². The third-order valence-electron chi connectivity index (χ3n) is 3.90. The van der Waals surface area contributed by atoms with Gasteiger partial charge in [-0.25, -0.2) is 0 Å². The molecule has 0 aliphatic carbocycles. The molecule has 0 aliphatic rings. The Hall–Kier alpha value is -2.62. The number of hydrogen-bond acceptors (Lipinski definition) is 3. The van der Waals surface area contributed by atoms with E-state index in [2.05, 4.69) is 26.1 Å². The number of rotatable bonds is 6. The van der Waals surface area contributed by atoms with Crippen molar-refractivity contribution in [3.8, 4) is 5.75 Å². The summed E-state index contributed by atoms with van der Waals surface area (Å²) in [4.78, 5) is 23.6. The van der Waals surface area contributed by atoms with Crippen LogP contribution in [0.5, 0.6) is 5.75 Å². The average molecular weight is 339 g/mol. The molecule has 0 bridgehead atoms. The Morgan fingerprint density at radius 2 is 1.56 bits per heavy atom. The lowest BCUT2D eigenvalue weighted by Crippen LogP contribution is -2.20. The molecule has 0 saturated carbocycles. The van der Waals surface area contributed by atoms with E-state index in [-0.39, 0.29) is 23.7 Å². The van der Waals surface area contributed by atoms with Gasteiger partial charge in [-0.05, 0) is 47.4 Å². The van der Waals surface area contributed by atoms with Crippen molar-refractivity contribution in [2.75, 3.05) is 11.9 Å². The second-order valence-corrected chi connectivity index (χ2v) is 6.97. The largest absolute Gasteiger partial charge is 0.484 e. The molecule has 4 nitrogen and oxygen atoms in total. The number of anilines is 1. The molecule has 25 heavy (non-hydrogen) atoms. The minimum Gasteiger partial charge on any atom is -0.484 e. The van der Waals surface area contributed by atoms with E-state index in [0.717, 1.165) is 5.69 Å². The summed E-state index contributed by atoms with van der Waals surface area (Å²) in [5, 5.41) is 2.81. The van der Waals surface area contributed by atoms with Crippen LogP contribution in [-0.2, 0) is 10.2 Å². The summed E-state index contributed by atoms with van der Waals surface area (Å²) in [5.41, 5.74) is 2.68. The minimum atomic E-state index is -0.225. The van der Waals surface area contributed by atoms with E-state index < -0.39 is 0 Å². The zero-order valence-electron chi connectivity index (χ0n) is 15.3. The summed E-state index contributed by atoms with van der Waals surface area (Å²) in [6.07, 6.45) is 0.469. The third kappa shape index (κ3) is 5.45. The molecule has 2 rings (SSSR count). The zero-order chi connectivity index (χ0) is 18.4. The minimum absolute atomic E-state index is 0.0803. The Morgan fingerprint density at radius 3 is 2.08 bits per heavy atom. The van der Waals surface area contributed by atoms with Gasteiger partial charge in [-0.2, -0.15) is 0 Å². The fourth-order valence-corrected chi connectivity index (χ4v) is 2.34. The van der Waals surface area contributed by atoms with Crippen LogP contribution in [-0.4, -0.2) is 18.3 Å². The van der Waals surface area contributed by atoms with Crippen molar-refractivity contribution in [2.24, 2.45) is 0 Å². The summed E-state index contributed by atoms with van der Waals surface area (Å²) in [6.45, 7) is 8.18. The number of ketones is 1. The van der Waals surface area contributed by atoms with E-state index in [0.29, 0.717) is 17.7 Å². The first-order chi connectivity index (χ1) is 11.8. The van der Waals surface area contributed by atoms with Gasteiger partial charge in [0.1, 0.15) is 5.75 Å². The second kappa shape index (κ2) is 7.97. The van der Waals surface area contributed by atoms with Gasteiger partial charge in [0, 0.05) is 17.7 Å². The fourth-order valence-electron chi connectivity index (χ4n) is 2.34. The Labute approximate surface area is 149 Å². The van der Waals surface area contributed by atoms with E-state index in [1.54, 1.807) is 24.3 Å². The Bertz CT molecular complexity index is 725. The Morgan fingerprint density at radius 1 is 0.960 bits per heavy atom. The Balaban J connectivity index is 1.87. The zero-order valence-corrected chi connectivity index (χ0v) is 15.3. The first-order valence-electron chi connectivity index (χ1n) is 8.46. The number of amides is 1. The summed E-state index contributed by atoms with van der Waals surface area (Å²) >= 11 is 0. The van der Waals surface area contributed by atoms with Gasteiger partial charge in [0.15, 0.2) is 12.4 Å². The molecule has 132 valence electrons. The van der Waals surface area contributed by atoms with Crippen molar-refractivity contribution in [1.82, 2.24) is 0 Å². The van der Waals surface area contributed by atoms with Gasteiger partial charge in [0.05, 0.1) is 0 Å². The van der Waals surface area contributed by atoms with E-state index in [9.17, 15) is 9.59 Å². The van der Waals surface area contributed by atoms with Gasteiger partial charge in [0.25, 0.3) is 5.91 Å². The molecule has 0 aliphatic heterocycles. The van der Waals surface area contributed by atoms with Gasteiger partial charge in [-0.15, -0.1) is 0 Å². The molecule has 4 heteroatoms. The van der Waals surface area contributed by atoms with Gasteiger partial charge in [0.2, 0.25) is 0 Å². The lowest BCUT2D eigenvalue weighted by atomic mass is 9.87. The van der Waals surface area contributed by atoms with Crippen molar-refractivity contribution in [2.45, 2.75) is 39.5 Å². The standard InChI is InChI=1S/C21H25NO3/c1-5-19(23)15-6-12-18(13-7-15)25-14-20(24)22-17-10-8-16(9-11-17)21(2,3)4/h6-13H,5,14H2,1-4H3,(H,22,24). The summed E-state index contributed by atoms with van der Waals surface area (Å²) < 4.78 is 5.46. The number of benzene rings is 2. The maximum atomic E-state index is 12.0. The molecule has 1 N–H and O–H groups in total. The number of ether oxygens (including phenoxy) is 1. The van der Waals surface area contributed by atoms with Crippen molar-refractivity contribution in [1.29, 1.82) is 0 Å². The lowest BCUT2D eigenvalue weighted by Gasteiger charge is -2.19. The number of carbonyl (C=O) groups is 2. The first kappa shape index (κ1) is 18.7. The van der Waals surface area contributed by atoms with Crippen molar-refractivity contribution in [3.63, 3.8) is 0 Å². The van der Waals surface area contributed by atoms with Crippen LogP contribution in [0.25, 0.3) is 0 Å². The maximum absolute atomic E-state index is 12.0. The highest BCUT2D eigenvalue weighted by Gasteiger charge is 2.13. The maximum Gasteiger partial charge on any atom is 0.262 e. The van der Waals surface area contributed by atoms with Crippen LogP contribution in [0.2, 0.25) is 0 Å². The van der Waals surface area contributed by atoms with Gasteiger partial charge < -0.3 is 10.1 Å². The topological polar surface area (TPSA) is 55.4 Å². The first-order valence-corrected chi connectivity index (χ1v) is 8.46. The molecule has 0 heterocycles. The molecule has 0 spiro atoms. The molecule has 0 radical (unpaired) electrons. The van der Waals surface area contributed by atoms with Crippen molar-refractivity contribution in [3.05, 3.63) is 59.7 Å². The third-order valence-corrected chi connectivity index (χ3v) is 3.90. The van der Waals surface area contributed by atoms with Crippen LogP contribution in [0.1, 0.15) is 50.0 Å². The van der Waals surface area contributed by atoms with Crippen LogP contribution >= 0.6 is 0 Å². The molecule has 1 amide bonds. The molecule has 0 saturated heterocycles. The summed E-state index contributed by atoms with van der Waals surface area (Å²) in [6, 6.07) is 14.6. The van der Waals surface area contributed by atoms with Gasteiger partial charge in [-0.3, -0.25) is 9.59 Å². The predicted molar refractivity (Wildman–Crippen MR) is 100 cm³/mol. The second-order valence-electron chi connectivity index (χ2n) is 6.97. The van der Waals surface area contributed by atoms with Crippen LogP contribution in [0.4, 0.5) is 5.69 Å². The van der Waals surface area contributed by atoms with Crippen LogP contribution in [0, 0.1) is 0 Å². The summed E-state index contributed by atoms with van der Waals surface area (Å²) in [5.74, 6) is 0.422. The number of Topliss-reactive ketones (excluding diaryl/α,β-unsaturated/α-hetero) is 1. The van der Waals surface area contributed by atoms with Crippen LogP contribution in [0.15, 0.2) is 48.5 Å². The smallest absolute Gasteiger partial charge is 0.262 e. The lowest BCUT2D eigenvalue weighted by molar-refractivity contribution is -0.118. The number of carbonyl (C=O) groups excluding carboxylic acids is 2. The van der Waals surface area contributed by atoms with Crippen LogP contribution in [0.3, 0.4) is 0 Å². The molecule has 0 fully saturated rings. The fraction of sp³-hybridized carbons (Fsp3) is 0.333. The quantitative estimate of drug-likeness (QED) is 0.783. The van der Waals surface area contributed by atoms with E-state index in [4.69, 9.17) is 4.74 Å². The molecule has 2 aromatic carbocycles. The van der Waals surface area contributed by atoms with Gasteiger partial charge in [-0.1, -0.05) is 39.8 Å². The highest BCUT2D eigenvalue weighted by Crippen LogP contribution is 2.23. The van der Waals surface area contributed by atoms with Gasteiger partial charge >= 0.3 is 0 Å². The highest BCUT2D eigenvalue weighted by atomic mass is 16.5. The monoisotopic (exact) mass is 339 g/mol. The molecule has 0 atom stereocenters. The van der Waals surface area contributed by atoms with Crippen molar-refractivity contribution >= 4 is 17.4 Å². The number of nitrogens with one attached hydrogen (secondary N) is 1. The SMILES string of the molecule is CCC(=O)c1ccc(OCC(=O)Nc2ccc(C(C)(C)C)cc2)cc1. The van der Waals surface area contributed by atoms with E-state index in [1.165, 1.54) is 5.56 Å². The van der Waals surface area contributed by atoms with E-state index >= 15 is 0 Å². The van der Waals surface area contributed by atoms with E-state index in [1.807, 2.05) is 31.2 Å². The normalized spacial score (nSPS) is 11.0. The highest BCUT2D eigenvalue weighted by molar-refractivity contribution is 5.96. The average Bonchev–Trinajstić information content (AvgIpc) is 2.59. The molecular formula is C21H25NO3. The Kier molecular flexibility index (Phi) is 5.97. The number of hydrogen-bond donors (Lipinski definition) is 1.